The third-order valence-corrected chi connectivity index (χ3v) is 5.55. The third kappa shape index (κ3) is 2.74. The number of hydrogen-bond acceptors (Lipinski definition) is 3. The van der Waals surface area contributed by atoms with Crippen LogP contribution >= 0.6 is 0 Å². The lowest BCUT2D eigenvalue weighted by atomic mass is 10.1. The summed E-state index contributed by atoms with van der Waals surface area (Å²) in [5.74, 6) is 0. The summed E-state index contributed by atoms with van der Waals surface area (Å²) in [6, 6.07) is 8.77. The maximum atomic E-state index is 12.4. The van der Waals surface area contributed by atoms with Crippen LogP contribution in [0.5, 0.6) is 0 Å². The monoisotopic (exact) mass is 268 g/mol. The fourth-order valence-electron chi connectivity index (χ4n) is 2.31. The Hall–Kier alpha value is -0.910. The average Bonchev–Trinajstić information content (AvgIpc) is 2.40. The molecule has 1 fully saturated rings. The van der Waals surface area contributed by atoms with Gasteiger partial charge in [0.2, 0.25) is 10.0 Å². The van der Waals surface area contributed by atoms with E-state index in [1.807, 2.05) is 6.07 Å². The maximum absolute atomic E-state index is 12.4. The van der Waals surface area contributed by atoms with E-state index in [2.05, 4.69) is 11.9 Å². The van der Waals surface area contributed by atoms with Crippen LogP contribution in [-0.4, -0.2) is 50.8 Å². The quantitative estimate of drug-likeness (QED) is 0.832. The number of nitrogens with zero attached hydrogens (tertiary/aromatic N) is 2. The number of rotatable bonds is 3. The van der Waals surface area contributed by atoms with Gasteiger partial charge >= 0.3 is 0 Å². The lowest BCUT2D eigenvalue weighted by Crippen LogP contribution is -2.44. The molecular formula is C13H20N2O2S. The number of hydrogen-bond donors (Lipinski definition) is 0. The second kappa shape index (κ2) is 5.38. The van der Waals surface area contributed by atoms with Gasteiger partial charge in [-0.05, 0) is 45.1 Å². The van der Waals surface area contributed by atoms with Gasteiger partial charge in [-0.25, -0.2) is 8.42 Å². The molecular weight excluding hydrogens is 248 g/mol. The zero-order chi connectivity index (χ0) is 13.2. The molecule has 0 aliphatic carbocycles. The van der Waals surface area contributed by atoms with Gasteiger partial charge in [-0.3, -0.25) is 0 Å². The minimum atomic E-state index is -3.34. The molecule has 5 heteroatoms. The molecule has 1 saturated heterocycles. The maximum Gasteiger partial charge on any atom is 0.243 e. The first kappa shape index (κ1) is 13.5. The lowest BCUT2D eigenvalue weighted by molar-refractivity contribution is 0.197. The Morgan fingerprint density at radius 1 is 1.17 bits per heavy atom. The Labute approximate surface area is 109 Å². The van der Waals surface area contributed by atoms with Crippen LogP contribution in [0.15, 0.2) is 35.2 Å². The molecule has 4 nitrogen and oxygen atoms in total. The molecule has 0 atom stereocenters. The normalized spacial score (nSPS) is 19.3. The van der Waals surface area contributed by atoms with Gasteiger partial charge in [-0.1, -0.05) is 18.2 Å². The van der Waals surface area contributed by atoms with Crippen molar-refractivity contribution in [1.29, 1.82) is 0 Å². The second-order valence-corrected chi connectivity index (χ2v) is 6.87. The molecule has 1 aliphatic rings. The van der Waals surface area contributed by atoms with Crippen molar-refractivity contribution in [2.24, 2.45) is 0 Å². The number of sulfonamides is 1. The van der Waals surface area contributed by atoms with E-state index in [4.69, 9.17) is 0 Å². The minimum absolute atomic E-state index is 0.117. The highest BCUT2D eigenvalue weighted by Gasteiger charge is 2.29. The number of benzene rings is 1. The summed E-state index contributed by atoms with van der Waals surface area (Å²) in [7, 11) is 0.423. The molecule has 1 aliphatic heterocycles. The van der Waals surface area contributed by atoms with E-state index < -0.39 is 10.0 Å². The molecule has 0 radical (unpaired) electrons. The second-order valence-electron chi connectivity index (χ2n) is 4.87. The molecule has 1 aromatic carbocycles. The topological polar surface area (TPSA) is 40.6 Å². The molecule has 0 bridgehead atoms. The molecule has 0 amide bonds. The van der Waals surface area contributed by atoms with Gasteiger partial charge in [-0.2, -0.15) is 4.31 Å². The van der Waals surface area contributed by atoms with Gasteiger partial charge in [0.1, 0.15) is 0 Å². The summed E-state index contributed by atoms with van der Waals surface area (Å²) in [6.07, 6.45) is 1.80. The Bertz CT molecular complexity index is 479. The smallest absolute Gasteiger partial charge is 0.243 e. The van der Waals surface area contributed by atoms with Crippen molar-refractivity contribution >= 4 is 10.0 Å². The van der Waals surface area contributed by atoms with E-state index in [1.54, 1.807) is 31.3 Å². The summed E-state index contributed by atoms with van der Waals surface area (Å²) < 4.78 is 26.4. The number of piperidine rings is 1. The summed E-state index contributed by atoms with van der Waals surface area (Å²) in [4.78, 5) is 2.62. The first-order valence-corrected chi connectivity index (χ1v) is 7.67. The van der Waals surface area contributed by atoms with Crippen molar-refractivity contribution in [2.45, 2.75) is 23.8 Å². The highest BCUT2D eigenvalue weighted by molar-refractivity contribution is 7.89. The lowest BCUT2D eigenvalue weighted by Gasteiger charge is -2.34. The standard InChI is InChI=1S/C13H20N2O2S/c1-14-10-8-12(9-11-14)15(2)18(16,17)13-6-4-3-5-7-13/h3-7,12H,8-11H2,1-2H3. The van der Waals surface area contributed by atoms with Gasteiger partial charge in [0, 0.05) is 13.1 Å². The van der Waals surface area contributed by atoms with Crippen molar-refractivity contribution in [2.75, 3.05) is 27.2 Å². The Balaban J connectivity index is 2.15. The van der Waals surface area contributed by atoms with E-state index in [0.29, 0.717) is 4.90 Å². The van der Waals surface area contributed by atoms with Gasteiger partial charge in [0.25, 0.3) is 0 Å². The molecule has 100 valence electrons. The molecule has 18 heavy (non-hydrogen) atoms. The van der Waals surface area contributed by atoms with E-state index in [0.717, 1.165) is 25.9 Å². The van der Waals surface area contributed by atoms with Crippen LogP contribution in [0.1, 0.15) is 12.8 Å². The van der Waals surface area contributed by atoms with Crippen LogP contribution in [0.4, 0.5) is 0 Å². The SMILES string of the molecule is CN1CCC(N(C)S(=O)(=O)c2ccccc2)CC1. The fraction of sp³-hybridized carbons (Fsp3) is 0.538. The average molecular weight is 268 g/mol. The first-order valence-electron chi connectivity index (χ1n) is 6.23. The van der Waals surface area contributed by atoms with Crippen molar-refractivity contribution in [3.8, 4) is 0 Å². The zero-order valence-electron chi connectivity index (χ0n) is 10.9. The molecule has 2 rings (SSSR count). The van der Waals surface area contributed by atoms with Crippen molar-refractivity contribution in [1.82, 2.24) is 9.21 Å². The molecule has 0 spiro atoms. The van der Waals surface area contributed by atoms with Crippen LogP contribution in [0.3, 0.4) is 0 Å². The van der Waals surface area contributed by atoms with E-state index >= 15 is 0 Å². The summed E-state index contributed by atoms with van der Waals surface area (Å²) in [5, 5.41) is 0. The predicted molar refractivity (Wildman–Crippen MR) is 71.9 cm³/mol. The fourth-order valence-corrected chi connectivity index (χ4v) is 3.75. The minimum Gasteiger partial charge on any atom is -0.306 e. The highest BCUT2D eigenvalue weighted by atomic mass is 32.2. The van der Waals surface area contributed by atoms with E-state index in [1.165, 1.54) is 4.31 Å². The first-order chi connectivity index (χ1) is 8.51. The van der Waals surface area contributed by atoms with Crippen molar-refractivity contribution in [3.05, 3.63) is 30.3 Å². The van der Waals surface area contributed by atoms with E-state index in [-0.39, 0.29) is 6.04 Å². The largest absolute Gasteiger partial charge is 0.306 e. The van der Waals surface area contributed by atoms with Crippen LogP contribution in [0, 0.1) is 0 Å². The van der Waals surface area contributed by atoms with E-state index in [9.17, 15) is 8.42 Å². The Morgan fingerprint density at radius 3 is 2.28 bits per heavy atom. The molecule has 1 heterocycles. The Morgan fingerprint density at radius 2 is 1.72 bits per heavy atom. The van der Waals surface area contributed by atoms with Gasteiger partial charge in [-0.15, -0.1) is 0 Å². The predicted octanol–water partition coefficient (Wildman–Crippen LogP) is 1.40. The zero-order valence-corrected chi connectivity index (χ0v) is 11.7. The summed E-state index contributed by atoms with van der Waals surface area (Å²) in [5.41, 5.74) is 0. The van der Waals surface area contributed by atoms with Gasteiger partial charge in [0.15, 0.2) is 0 Å². The van der Waals surface area contributed by atoms with Crippen LogP contribution in [-0.2, 0) is 10.0 Å². The van der Waals surface area contributed by atoms with Crippen LogP contribution in [0.2, 0.25) is 0 Å². The number of likely N-dealkylation sites (tertiary alicyclic amines) is 1. The molecule has 0 saturated carbocycles. The Kier molecular flexibility index (Phi) is 4.04. The van der Waals surface area contributed by atoms with Gasteiger partial charge in [0.05, 0.1) is 4.90 Å². The van der Waals surface area contributed by atoms with Crippen molar-refractivity contribution in [3.63, 3.8) is 0 Å². The highest BCUT2D eigenvalue weighted by Crippen LogP contribution is 2.21. The van der Waals surface area contributed by atoms with Crippen LogP contribution in [0.25, 0.3) is 0 Å². The van der Waals surface area contributed by atoms with Crippen molar-refractivity contribution < 1.29 is 8.42 Å². The molecule has 1 aromatic rings. The van der Waals surface area contributed by atoms with Gasteiger partial charge < -0.3 is 4.90 Å². The summed E-state index contributed by atoms with van der Waals surface area (Å²) in [6.45, 7) is 1.92. The van der Waals surface area contributed by atoms with Crippen LogP contribution < -0.4 is 0 Å². The molecule has 0 N–H and O–H groups in total. The summed E-state index contributed by atoms with van der Waals surface area (Å²) >= 11 is 0. The third-order valence-electron chi connectivity index (χ3n) is 3.62. The molecule has 0 unspecified atom stereocenters. The molecule has 0 aromatic heterocycles.